The van der Waals surface area contributed by atoms with Gasteiger partial charge < -0.3 is 0 Å². The summed E-state index contributed by atoms with van der Waals surface area (Å²) < 4.78 is 28.1. The molecule has 2 aliphatic carbocycles. The summed E-state index contributed by atoms with van der Waals surface area (Å²) in [6.07, 6.45) is 3.52. The van der Waals surface area contributed by atoms with Crippen LogP contribution in [0.15, 0.2) is 48.5 Å². The molecule has 0 N–H and O–H groups in total. The third-order valence-electron chi connectivity index (χ3n) is 5.13. The van der Waals surface area contributed by atoms with Gasteiger partial charge in [-0.1, -0.05) is 36.4 Å². The number of hydrogen-bond acceptors (Lipinski definition) is 4. The van der Waals surface area contributed by atoms with E-state index in [2.05, 4.69) is 6.07 Å². The molecule has 1 atom stereocenters. The monoisotopic (exact) mass is 372 g/mol. The summed E-state index contributed by atoms with van der Waals surface area (Å²) in [5.74, 6) is -0.125. The van der Waals surface area contributed by atoms with Crippen LogP contribution in [-0.4, -0.2) is 23.7 Å². The molecule has 4 rings (SSSR count). The van der Waals surface area contributed by atoms with Crippen LogP contribution >= 0.6 is 0 Å². The Morgan fingerprint density at radius 2 is 1.73 bits per heavy atom. The topological polar surface area (TPSA) is 80.5 Å². The first-order valence-corrected chi connectivity index (χ1v) is 10.4. The zero-order chi connectivity index (χ0) is 18.3. The molecular formula is C19H20N2O4S. The van der Waals surface area contributed by atoms with Crippen LogP contribution in [0.2, 0.25) is 0 Å². The molecule has 0 amide bonds. The quantitative estimate of drug-likeness (QED) is 0.573. The number of aryl methyl sites for hydroxylation is 1. The molecule has 1 unspecified atom stereocenters. The highest BCUT2D eigenvalue weighted by Crippen LogP contribution is 2.44. The van der Waals surface area contributed by atoms with Crippen LogP contribution in [-0.2, 0) is 22.2 Å². The lowest BCUT2D eigenvalue weighted by Gasteiger charge is -2.29. The van der Waals surface area contributed by atoms with Crippen molar-refractivity contribution in [2.24, 2.45) is 0 Å². The van der Waals surface area contributed by atoms with Gasteiger partial charge in [-0.2, -0.15) is 4.31 Å². The van der Waals surface area contributed by atoms with E-state index in [1.54, 1.807) is 4.31 Å². The van der Waals surface area contributed by atoms with Crippen LogP contribution < -0.4 is 0 Å². The number of hydrogen-bond donors (Lipinski definition) is 0. The molecule has 0 bridgehead atoms. The van der Waals surface area contributed by atoms with Crippen LogP contribution in [0.4, 0.5) is 5.69 Å². The molecule has 6 nitrogen and oxygen atoms in total. The molecule has 0 aliphatic heterocycles. The number of benzene rings is 2. The minimum Gasteiger partial charge on any atom is -0.258 e. The summed E-state index contributed by atoms with van der Waals surface area (Å²) >= 11 is 0. The van der Waals surface area contributed by atoms with Crippen LogP contribution in [0.25, 0.3) is 0 Å². The number of nitrogens with zero attached hydrogens (tertiary/aromatic N) is 2. The maximum Gasteiger partial charge on any atom is 0.269 e. The Kier molecular flexibility index (Phi) is 4.28. The maximum absolute atomic E-state index is 13.2. The molecule has 0 saturated heterocycles. The smallest absolute Gasteiger partial charge is 0.258 e. The molecule has 26 heavy (non-hydrogen) atoms. The van der Waals surface area contributed by atoms with Gasteiger partial charge in [-0.05, 0) is 42.4 Å². The number of nitro benzene ring substituents is 1. The molecule has 7 heteroatoms. The first kappa shape index (κ1) is 17.2. The predicted octanol–water partition coefficient (Wildman–Crippen LogP) is 3.58. The van der Waals surface area contributed by atoms with Crippen LogP contribution in [0.3, 0.4) is 0 Å². The van der Waals surface area contributed by atoms with Gasteiger partial charge in [0.15, 0.2) is 0 Å². The average Bonchev–Trinajstić information content (AvgIpc) is 3.35. The highest BCUT2D eigenvalue weighted by Gasteiger charge is 2.44. The minimum atomic E-state index is -3.51. The summed E-state index contributed by atoms with van der Waals surface area (Å²) in [4.78, 5) is 10.3. The van der Waals surface area contributed by atoms with Gasteiger partial charge in [0.1, 0.15) is 0 Å². The summed E-state index contributed by atoms with van der Waals surface area (Å²) in [6.45, 7) is 0. The standard InChI is InChI=1S/C19H20N2O4S/c22-21(23)17-8-5-14(6-9-17)13-26(24,25)20(16-10-11-16)19-12-7-15-3-1-2-4-18(15)19/h1-6,8-9,16,19H,7,10-13H2. The molecule has 0 spiro atoms. The van der Waals surface area contributed by atoms with Gasteiger partial charge in [0.25, 0.3) is 5.69 Å². The second-order valence-corrected chi connectivity index (χ2v) is 8.87. The van der Waals surface area contributed by atoms with E-state index in [9.17, 15) is 18.5 Å². The summed E-state index contributed by atoms with van der Waals surface area (Å²) in [7, 11) is -3.51. The number of sulfonamides is 1. The van der Waals surface area contributed by atoms with E-state index < -0.39 is 14.9 Å². The first-order valence-electron chi connectivity index (χ1n) is 8.78. The maximum atomic E-state index is 13.2. The Morgan fingerprint density at radius 3 is 2.38 bits per heavy atom. The van der Waals surface area contributed by atoms with Gasteiger partial charge in [0.05, 0.1) is 16.7 Å². The van der Waals surface area contributed by atoms with Crippen LogP contribution in [0.5, 0.6) is 0 Å². The average molecular weight is 372 g/mol. The van der Waals surface area contributed by atoms with Crippen LogP contribution in [0, 0.1) is 10.1 Å². The highest BCUT2D eigenvalue weighted by atomic mass is 32.2. The highest BCUT2D eigenvalue weighted by molar-refractivity contribution is 7.88. The van der Waals surface area contributed by atoms with Crippen LogP contribution in [0.1, 0.15) is 42.0 Å². The lowest BCUT2D eigenvalue weighted by Crippen LogP contribution is -2.36. The van der Waals surface area contributed by atoms with Gasteiger partial charge in [0, 0.05) is 18.2 Å². The van der Waals surface area contributed by atoms with Gasteiger partial charge >= 0.3 is 0 Å². The Bertz CT molecular complexity index is 936. The lowest BCUT2D eigenvalue weighted by molar-refractivity contribution is -0.384. The van der Waals surface area contributed by atoms with Crippen molar-refractivity contribution in [1.29, 1.82) is 0 Å². The Morgan fingerprint density at radius 1 is 1.04 bits per heavy atom. The Labute approximate surface area is 152 Å². The zero-order valence-electron chi connectivity index (χ0n) is 14.2. The normalized spacial score (nSPS) is 19.5. The van der Waals surface area contributed by atoms with Crippen molar-refractivity contribution in [1.82, 2.24) is 4.31 Å². The molecule has 136 valence electrons. The van der Waals surface area contributed by atoms with Gasteiger partial charge in [-0.3, -0.25) is 10.1 Å². The van der Waals surface area contributed by atoms with Gasteiger partial charge in [-0.25, -0.2) is 8.42 Å². The molecule has 0 radical (unpaired) electrons. The number of fused-ring (bicyclic) bond motifs is 1. The molecule has 1 saturated carbocycles. The third kappa shape index (κ3) is 3.24. The number of non-ortho nitro benzene ring substituents is 1. The second kappa shape index (κ2) is 6.48. The van der Waals surface area contributed by atoms with E-state index in [0.29, 0.717) is 5.56 Å². The largest absolute Gasteiger partial charge is 0.269 e. The van der Waals surface area contributed by atoms with E-state index in [-0.39, 0.29) is 23.5 Å². The fourth-order valence-corrected chi connectivity index (χ4v) is 5.84. The van der Waals surface area contributed by atoms with Crippen molar-refractivity contribution in [3.8, 4) is 0 Å². The second-order valence-electron chi connectivity index (χ2n) is 6.99. The zero-order valence-corrected chi connectivity index (χ0v) is 15.1. The van der Waals surface area contributed by atoms with Crippen molar-refractivity contribution in [3.63, 3.8) is 0 Å². The van der Waals surface area contributed by atoms with Crippen molar-refractivity contribution < 1.29 is 13.3 Å². The SMILES string of the molecule is O=[N+]([O-])c1ccc(CS(=O)(=O)N(C2CC2)C2CCc3ccccc32)cc1. The van der Waals surface area contributed by atoms with E-state index in [1.165, 1.54) is 29.8 Å². The fourth-order valence-electron chi connectivity index (χ4n) is 3.80. The van der Waals surface area contributed by atoms with Crippen molar-refractivity contribution >= 4 is 15.7 Å². The Hall–Kier alpha value is -2.25. The van der Waals surface area contributed by atoms with E-state index in [4.69, 9.17) is 0 Å². The molecular weight excluding hydrogens is 352 g/mol. The lowest BCUT2D eigenvalue weighted by atomic mass is 10.1. The van der Waals surface area contributed by atoms with Gasteiger partial charge in [-0.15, -0.1) is 0 Å². The molecule has 0 aromatic heterocycles. The van der Waals surface area contributed by atoms with Crippen molar-refractivity contribution in [2.75, 3.05) is 0 Å². The Balaban J connectivity index is 1.61. The fraction of sp³-hybridized carbons (Fsp3) is 0.368. The number of nitro groups is 1. The predicted molar refractivity (Wildman–Crippen MR) is 98.1 cm³/mol. The summed E-state index contributed by atoms with van der Waals surface area (Å²) in [5, 5.41) is 10.8. The molecule has 2 aromatic rings. The van der Waals surface area contributed by atoms with E-state index in [0.717, 1.165) is 31.2 Å². The molecule has 2 aromatic carbocycles. The molecule has 2 aliphatic rings. The summed E-state index contributed by atoms with van der Waals surface area (Å²) in [5.41, 5.74) is 2.89. The van der Waals surface area contributed by atoms with Crippen molar-refractivity contribution in [2.45, 2.75) is 43.5 Å². The van der Waals surface area contributed by atoms with Crippen molar-refractivity contribution in [3.05, 3.63) is 75.3 Å². The summed E-state index contributed by atoms with van der Waals surface area (Å²) in [6, 6.07) is 13.8. The first-order chi connectivity index (χ1) is 12.5. The molecule has 0 heterocycles. The minimum absolute atomic E-state index is 0.0325. The molecule has 1 fully saturated rings. The number of rotatable bonds is 6. The van der Waals surface area contributed by atoms with E-state index in [1.807, 2.05) is 18.2 Å². The van der Waals surface area contributed by atoms with Gasteiger partial charge in [0.2, 0.25) is 10.0 Å². The van der Waals surface area contributed by atoms with E-state index >= 15 is 0 Å². The third-order valence-corrected chi connectivity index (χ3v) is 7.03.